The minimum absolute atomic E-state index is 0.341. The maximum absolute atomic E-state index is 6.20. The fourth-order valence-electron chi connectivity index (χ4n) is 1.94. The van der Waals surface area contributed by atoms with Gasteiger partial charge in [0.05, 0.1) is 0 Å². The summed E-state index contributed by atoms with van der Waals surface area (Å²) in [6.07, 6.45) is 5.45. The maximum Gasteiger partial charge on any atom is 0.125 e. The monoisotopic (exact) mass is 288 g/mol. The average molecular weight is 290 g/mol. The van der Waals surface area contributed by atoms with Crippen LogP contribution in [-0.2, 0) is 0 Å². The Morgan fingerprint density at radius 1 is 1.47 bits per heavy atom. The molecule has 0 bridgehead atoms. The van der Waals surface area contributed by atoms with Crippen molar-refractivity contribution in [3.05, 3.63) is 22.8 Å². The van der Waals surface area contributed by atoms with Crippen LogP contribution in [0.1, 0.15) is 19.3 Å². The molecule has 1 aliphatic carbocycles. The standard InChI is InChI=1S/C11H14BrClN2/c12-9-4-5-11(15-7-9)14-6-8-2-1-3-10(8)13/h4-5,7-8,10H,1-3,6H2,(H,14,15). The summed E-state index contributed by atoms with van der Waals surface area (Å²) in [4.78, 5) is 4.26. The number of anilines is 1. The highest BCUT2D eigenvalue weighted by Crippen LogP contribution is 2.30. The SMILES string of the molecule is ClC1CCCC1CNc1ccc(Br)cn1. The van der Waals surface area contributed by atoms with E-state index in [2.05, 4.69) is 26.2 Å². The third kappa shape index (κ3) is 3.08. The van der Waals surface area contributed by atoms with E-state index in [4.69, 9.17) is 11.6 Å². The summed E-state index contributed by atoms with van der Waals surface area (Å²) in [5, 5.41) is 3.67. The van der Waals surface area contributed by atoms with Gasteiger partial charge in [-0.2, -0.15) is 0 Å². The van der Waals surface area contributed by atoms with E-state index in [0.717, 1.165) is 23.3 Å². The highest BCUT2D eigenvalue weighted by atomic mass is 79.9. The second kappa shape index (κ2) is 5.17. The van der Waals surface area contributed by atoms with Crippen molar-refractivity contribution in [3.63, 3.8) is 0 Å². The van der Waals surface area contributed by atoms with Crippen molar-refractivity contribution in [1.82, 2.24) is 4.98 Å². The fourth-order valence-corrected chi connectivity index (χ4v) is 2.54. The van der Waals surface area contributed by atoms with E-state index in [1.807, 2.05) is 12.1 Å². The molecule has 4 heteroatoms. The molecule has 2 rings (SSSR count). The van der Waals surface area contributed by atoms with Crippen molar-refractivity contribution in [1.29, 1.82) is 0 Å². The Morgan fingerprint density at radius 2 is 2.33 bits per heavy atom. The van der Waals surface area contributed by atoms with E-state index in [0.29, 0.717) is 11.3 Å². The smallest absolute Gasteiger partial charge is 0.125 e. The Hall–Kier alpha value is -0.280. The molecule has 2 atom stereocenters. The van der Waals surface area contributed by atoms with Gasteiger partial charge < -0.3 is 5.32 Å². The Kier molecular flexibility index (Phi) is 3.87. The predicted octanol–water partition coefficient (Wildman–Crippen LogP) is 3.66. The number of nitrogens with zero attached hydrogens (tertiary/aromatic N) is 1. The molecule has 1 aromatic rings. The van der Waals surface area contributed by atoms with Crippen molar-refractivity contribution >= 4 is 33.3 Å². The van der Waals surface area contributed by atoms with Gasteiger partial charge in [0.2, 0.25) is 0 Å². The van der Waals surface area contributed by atoms with Gasteiger partial charge in [0.1, 0.15) is 5.82 Å². The molecule has 0 aliphatic heterocycles. The van der Waals surface area contributed by atoms with Gasteiger partial charge in [0.25, 0.3) is 0 Å². The number of hydrogen-bond donors (Lipinski definition) is 1. The molecule has 0 spiro atoms. The number of alkyl halides is 1. The molecule has 1 aromatic heterocycles. The first-order chi connectivity index (χ1) is 7.25. The number of rotatable bonds is 3. The lowest BCUT2D eigenvalue weighted by Gasteiger charge is -2.14. The molecule has 0 aromatic carbocycles. The van der Waals surface area contributed by atoms with Gasteiger partial charge in [-0.15, -0.1) is 11.6 Å². The molecule has 15 heavy (non-hydrogen) atoms. The maximum atomic E-state index is 6.20. The van der Waals surface area contributed by atoms with Crippen LogP contribution in [0.4, 0.5) is 5.82 Å². The lowest BCUT2D eigenvalue weighted by atomic mass is 10.1. The van der Waals surface area contributed by atoms with E-state index < -0.39 is 0 Å². The molecule has 1 heterocycles. The zero-order valence-electron chi connectivity index (χ0n) is 8.42. The molecular formula is C11H14BrClN2. The normalized spacial score (nSPS) is 25.5. The highest BCUT2D eigenvalue weighted by molar-refractivity contribution is 9.10. The number of nitrogens with one attached hydrogen (secondary N) is 1. The minimum Gasteiger partial charge on any atom is -0.370 e. The van der Waals surface area contributed by atoms with Gasteiger partial charge in [0.15, 0.2) is 0 Å². The van der Waals surface area contributed by atoms with Crippen LogP contribution >= 0.6 is 27.5 Å². The summed E-state index contributed by atoms with van der Waals surface area (Å²) in [7, 11) is 0. The van der Waals surface area contributed by atoms with Crippen molar-refractivity contribution in [3.8, 4) is 0 Å². The van der Waals surface area contributed by atoms with Crippen LogP contribution in [0.5, 0.6) is 0 Å². The first kappa shape index (κ1) is 11.2. The zero-order chi connectivity index (χ0) is 10.7. The average Bonchev–Trinajstić information content (AvgIpc) is 2.63. The third-order valence-corrected chi connectivity index (χ3v) is 3.88. The van der Waals surface area contributed by atoms with E-state index in [1.165, 1.54) is 12.8 Å². The molecule has 82 valence electrons. The molecule has 0 radical (unpaired) electrons. The quantitative estimate of drug-likeness (QED) is 0.859. The Bertz CT molecular complexity index is 315. The molecule has 1 aliphatic rings. The van der Waals surface area contributed by atoms with Gasteiger partial charge in [-0.05, 0) is 46.8 Å². The van der Waals surface area contributed by atoms with Crippen LogP contribution in [0, 0.1) is 5.92 Å². The van der Waals surface area contributed by atoms with Gasteiger partial charge >= 0.3 is 0 Å². The van der Waals surface area contributed by atoms with Gasteiger partial charge in [-0.25, -0.2) is 4.98 Å². The zero-order valence-corrected chi connectivity index (χ0v) is 10.8. The van der Waals surface area contributed by atoms with Crippen molar-refractivity contribution in [2.45, 2.75) is 24.6 Å². The Labute approximate surface area is 104 Å². The molecule has 1 fully saturated rings. The highest BCUT2D eigenvalue weighted by Gasteiger charge is 2.24. The first-order valence-corrected chi connectivity index (χ1v) is 6.48. The summed E-state index contributed by atoms with van der Waals surface area (Å²) in [6, 6.07) is 3.96. The molecule has 1 saturated carbocycles. The number of hydrogen-bond acceptors (Lipinski definition) is 2. The van der Waals surface area contributed by atoms with E-state index in [9.17, 15) is 0 Å². The van der Waals surface area contributed by atoms with Gasteiger partial charge in [-0.3, -0.25) is 0 Å². The lowest BCUT2D eigenvalue weighted by Crippen LogP contribution is -2.18. The van der Waals surface area contributed by atoms with Gasteiger partial charge in [0, 0.05) is 22.6 Å². The topological polar surface area (TPSA) is 24.9 Å². The van der Waals surface area contributed by atoms with Crippen LogP contribution in [0.25, 0.3) is 0 Å². The van der Waals surface area contributed by atoms with E-state index in [1.54, 1.807) is 6.20 Å². The second-order valence-corrected chi connectivity index (χ2v) is 5.43. The van der Waals surface area contributed by atoms with Crippen LogP contribution in [-0.4, -0.2) is 16.9 Å². The molecule has 2 unspecified atom stereocenters. The predicted molar refractivity (Wildman–Crippen MR) is 67.4 cm³/mol. The number of pyridine rings is 1. The van der Waals surface area contributed by atoms with Crippen molar-refractivity contribution < 1.29 is 0 Å². The Balaban J connectivity index is 1.85. The molecular weight excluding hydrogens is 275 g/mol. The molecule has 2 nitrogen and oxygen atoms in total. The van der Waals surface area contributed by atoms with Crippen LogP contribution in [0.3, 0.4) is 0 Å². The van der Waals surface area contributed by atoms with E-state index in [-0.39, 0.29) is 0 Å². The van der Waals surface area contributed by atoms with Crippen molar-refractivity contribution in [2.24, 2.45) is 5.92 Å². The second-order valence-electron chi connectivity index (χ2n) is 3.95. The molecule has 1 N–H and O–H groups in total. The molecule has 0 saturated heterocycles. The lowest BCUT2D eigenvalue weighted by molar-refractivity contribution is 0.585. The van der Waals surface area contributed by atoms with Crippen LogP contribution in [0.2, 0.25) is 0 Å². The van der Waals surface area contributed by atoms with Crippen LogP contribution < -0.4 is 5.32 Å². The van der Waals surface area contributed by atoms with Gasteiger partial charge in [-0.1, -0.05) is 6.42 Å². The summed E-state index contributed by atoms with van der Waals surface area (Å²) < 4.78 is 1.00. The largest absolute Gasteiger partial charge is 0.370 e. The summed E-state index contributed by atoms with van der Waals surface area (Å²) in [6.45, 7) is 0.933. The first-order valence-electron chi connectivity index (χ1n) is 5.25. The number of aromatic nitrogens is 1. The Morgan fingerprint density at radius 3 is 2.93 bits per heavy atom. The number of halogens is 2. The summed E-state index contributed by atoms with van der Waals surface area (Å²) in [5.74, 6) is 1.52. The fraction of sp³-hybridized carbons (Fsp3) is 0.545. The van der Waals surface area contributed by atoms with Crippen molar-refractivity contribution in [2.75, 3.05) is 11.9 Å². The third-order valence-electron chi connectivity index (χ3n) is 2.84. The summed E-state index contributed by atoms with van der Waals surface area (Å²) in [5.41, 5.74) is 0. The molecule has 0 amide bonds. The summed E-state index contributed by atoms with van der Waals surface area (Å²) >= 11 is 9.56. The van der Waals surface area contributed by atoms with E-state index >= 15 is 0 Å². The van der Waals surface area contributed by atoms with Crippen LogP contribution in [0.15, 0.2) is 22.8 Å². The minimum atomic E-state index is 0.341.